The highest BCUT2D eigenvalue weighted by Gasteiger charge is 2.23. The van der Waals surface area contributed by atoms with Crippen LogP contribution >= 0.6 is 0 Å². The molecule has 1 aromatic heterocycles. The first-order valence-electron chi connectivity index (χ1n) is 6.69. The lowest BCUT2D eigenvalue weighted by molar-refractivity contribution is 0.326. The molecule has 0 atom stereocenters. The van der Waals surface area contributed by atoms with Gasteiger partial charge in [-0.2, -0.15) is 0 Å². The van der Waals surface area contributed by atoms with E-state index in [2.05, 4.69) is 15.5 Å². The van der Waals surface area contributed by atoms with Crippen molar-refractivity contribution in [1.29, 1.82) is 0 Å². The van der Waals surface area contributed by atoms with Gasteiger partial charge in [0.15, 0.2) is 5.82 Å². The molecule has 0 amide bonds. The van der Waals surface area contributed by atoms with E-state index in [9.17, 15) is 8.78 Å². The number of nitrogens with zero attached hydrogens (tertiary/aromatic N) is 4. The Morgan fingerprint density at radius 2 is 1.85 bits per heavy atom. The maximum Gasteiger partial charge on any atom is 0.185 e. The van der Waals surface area contributed by atoms with Crippen LogP contribution in [0.2, 0.25) is 0 Å². The van der Waals surface area contributed by atoms with Gasteiger partial charge in [-0.25, -0.2) is 13.5 Å². The van der Waals surface area contributed by atoms with E-state index >= 15 is 0 Å². The molecule has 2 N–H and O–H groups in total. The molecule has 1 saturated carbocycles. The second kappa shape index (κ2) is 5.15. The van der Waals surface area contributed by atoms with Gasteiger partial charge in [-0.05, 0) is 29.3 Å². The zero-order chi connectivity index (χ0) is 14.1. The van der Waals surface area contributed by atoms with Crippen LogP contribution in [0.15, 0.2) is 12.1 Å². The highest BCUT2D eigenvalue weighted by atomic mass is 19.1. The van der Waals surface area contributed by atoms with E-state index in [0.717, 1.165) is 31.7 Å². The van der Waals surface area contributed by atoms with Crippen molar-refractivity contribution in [3.05, 3.63) is 23.8 Å². The third kappa shape index (κ3) is 2.23. The molecule has 0 radical (unpaired) electrons. The fraction of sp³-hybridized carbons (Fsp3) is 0.462. The van der Waals surface area contributed by atoms with Gasteiger partial charge in [0, 0.05) is 6.07 Å². The Bertz CT molecular complexity index is 619. The molecule has 5 nitrogen and oxygen atoms in total. The molecular weight excluding hydrogens is 264 g/mol. The van der Waals surface area contributed by atoms with Gasteiger partial charge < -0.3 is 5.73 Å². The number of halogens is 2. The number of hydrogen-bond donors (Lipinski definition) is 1. The summed E-state index contributed by atoms with van der Waals surface area (Å²) in [7, 11) is 0. The molecule has 0 spiro atoms. The standard InChI is InChI=1S/C13H15F2N5/c14-10-7-11(15)12(16)6-9(10)13-17-18-19-20(13)8-4-2-1-3-5-8/h6-8H,1-5,16H2. The number of tetrazole rings is 1. The fourth-order valence-corrected chi connectivity index (χ4v) is 2.68. The second-order valence-electron chi connectivity index (χ2n) is 5.09. The third-order valence-corrected chi connectivity index (χ3v) is 3.74. The topological polar surface area (TPSA) is 69.6 Å². The fourth-order valence-electron chi connectivity index (χ4n) is 2.68. The van der Waals surface area contributed by atoms with Gasteiger partial charge >= 0.3 is 0 Å². The van der Waals surface area contributed by atoms with Crippen LogP contribution in [0.5, 0.6) is 0 Å². The number of aromatic nitrogens is 4. The first kappa shape index (κ1) is 13.0. The van der Waals surface area contributed by atoms with E-state index in [1.54, 1.807) is 4.68 Å². The van der Waals surface area contributed by atoms with Crippen molar-refractivity contribution in [1.82, 2.24) is 20.2 Å². The average Bonchev–Trinajstić information content (AvgIpc) is 2.93. The van der Waals surface area contributed by atoms with Crippen LogP contribution < -0.4 is 5.73 Å². The quantitative estimate of drug-likeness (QED) is 0.858. The summed E-state index contributed by atoms with van der Waals surface area (Å²) in [6.45, 7) is 0. The van der Waals surface area contributed by atoms with E-state index in [1.807, 2.05) is 0 Å². The lowest BCUT2D eigenvalue weighted by Gasteiger charge is -2.22. The number of hydrogen-bond acceptors (Lipinski definition) is 4. The monoisotopic (exact) mass is 279 g/mol. The summed E-state index contributed by atoms with van der Waals surface area (Å²) in [4.78, 5) is 0. The van der Waals surface area contributed by atoms with Crippen LogP contribution in [0.4, 0.5) is 14.5 Å². The summed E-state index contributed by atoms with van der Waals surface area (Å²) in [5.41, 5.74) is 5.53. The van der Waals surface area contributed by atoms with E-state index in [0.29, 0.717) is 5.82 Å². The zero-order valence-corrected chi connectivity index (χ0v) is 10.9. The van der Waals surface area contributed by atoms with Crippen molar-refractivity contribution < 1.29 is 8.78 Å². The van der Waals surface area contributed by atoms with Crippen molar-refractivity contribution >= 4 is 5.69 Å². The molecule has 106 valence electrons. The zero-order valence-electron chi connectivity index (χ0n) is 10.9. The largest absolute Gasteiger partial charge is 0.396 e. The minimum absolute atomic E-state index is 0.111. The number of nitrogen functional groups attached to an aromatic ring is 1. The Morgan fingerprint density at radius 1 is 1.10 bits per heavy atom. The van der Waals surface area contributed by atoms with Crippen molar-refractivity contribution in [3.63, 3.8) is 0 Å². The number of rotatable bonds is 2. The van der Waals surface area contributed by atoms with Crippen LogP contribution in [0.25, 0.3) is 11.4 Å². The van der Waals surface area contributed by atoms with Gasteiger partial charge in [0.1, 0.15) is 11.6 Å². The molecule has 3 rings (SSSR count). The molecule has 0 bridgehead atoms. The summed E-state index contributed by atoms with van der Waals surface area (Å²) in [6, 6.07) is 2.18. The smallest absolute Gasteiger partial charge is 0.185 e. The first-order valence-corrected chi connectivity index (χ1v) is 6.69. The summed E-state index contributed by atoms with van der Waals surface area (Å²) < 4.78 is 28.8. The Labute approximate surface area is 114 Å². The van der Waals surface area contributed by atoms with Gasteiger partial charge in [-0.3, -0.25) is 0 Å². The summed E-state index contributed by atoms with van der Waals surface area (Å²) >= 11 is 0. The molecule has 1 heterocycles. The molecule has 1 aromatic carbocycles. The van der Waals surface area contributed by atoms with E-state index in [-0.39, 0.29) is 17.3 Å². The predicted molar refractivity (Wildman–Crippen MR) is 69.7 cm³/mol. The van der Waals surface area contributed by atoms with Crippen molar-refractivity contribution in [2.75, 3.05) is 5.73 Å². The molecule has 0 aliphatic heterocycles. The summed E-state index contributed by atoms with van der Waals surface area (Å²) in [5, 5.41) is 11.5. The molecule has 20 heavy (non-hydrogen) atoms. The maximum atomic E-state index is 13.9. The Morgan fingerprint density at radius 3 is 2.60 bits per heavy atom. The summed E-state index contributed by atoms with van der Waals surface area (Å²) in [6.07, 6.45) is 5.36. The van der Waals surface area contributed by atoms with Gasteiger partial charge in [-0.1, -0.05) is 19.3 Å². The highest BCUT2D eigenvalue weighted by molar-refractivity contribution is 5.62. The maximum absolute atomic E-state index is 13.9. The van der Waals surface area contributed by atoms with Crippen molar-refractivity contribution in [3.8, 4) is 11.4 Å². The van der Waals surface area contributed by atoms with Crippen molar-refractivity contribution in [2.24, 2.45) is 0 Å². The molecule has 1 aliphatic carbocycles. The van der Waals surface area contributed by atoms with Crippen LogP contribution in [0.1, 0.15) is 38.1 Å². The third-order valence-electron chi connectivity index (χ3n) is 3.74. The minimum atomic E-state index is -0.775. The van der Waals surface area contributed by atoms with Gasteiger partial charge in [-0.15, -0.1) is 5.10 Å². The van der Waals surface area contributed by atoms with E-state index in [4.69, 9.17) is 5.73 Å². The van der Waals surface area contributed by atoms with Gasteiger partial charge in [0.25, 0.3) is 0 Å². The van der Waals surface area contributed by atoms with Crippen LogP contribution in [-0.2, 0) is 0 Å². The van der Waals surface area contributed by atoms with E-state index < -0.39 is 11.6 Å². The van der Waals surface area contributed by atoms with Crippen molar-refractivity contribution in [2.45, 2.75) is 38.1 Å². The lowest BCUT2D eigenvalue weighted by atomic mass is 9.95. The number of nitrogens with two attached hydrogens (primary N) is 1. The Balaban J connectivity index is 2.03. The molecule has 0 saturated heterocycles. The predicted octanol–water partition coefficient (Wildman–Crippen LogP) is 2.71. The van der Waals surface area contributed by atoms with Crippen LogP contribution in [-0.4, -0.2) is 20.2 Å². The Kier molecular flexibility index (Phi) is 3.33. The van der Waals surface area contributed by atoms with Crippen LogP contribution in [0.3, 0.4) is 0 Å². The average molecular weight is 279 g/mol. The number of anilines is 1. The molecule has 2 aromatic rings. The minimum Gasteiger partial charge on any atom is -0.396 e. The second-order valence-corrected chi connectivity index (χ2v) is 5.09. The first-order chi connectivity index (χ1) is 9.66. The summed E-state index contributed by atoms with van der Waals surface area (Å²) in [5.74, 6) is -1.17. The SMILES string of the molecule is Nc1cc(-c2nnnn2C2CCCCC2)c(F)cc1F. The Hall–Kier alpha value is -2.05. The lowest BCUT2D eigenvalue weighted by Crippen LogP contribution is -2.16. The van der Waals surface area contributed by atoms with Crippen LogP contribution in [0, 0.1) is 11.6 Å². The molecular formula is C13H15F2N5. The highest BCUT2D eigenvalue weighted by Crippen LogP contribution is 2.32. The molecule has 1 aliphatic rings. The van der Waals surface area contributed by atoms with Gasteiger partial charge in [0.05, 0.1) is 17.3 Å². The number of benzene rings is 1. The van der Waals surface area contributed by atoms with Gasteiger partial charge in [0.2, 0.25) is 0 Å². The molecule has 1 fully saturated rings. The normalized spacial score (nSPS) is 16.5. The van der Waals surface area contributed by atoms with E-state index in [1.165, 1.54) is 12.5 Å². The molecule has 7 heteroatoms. The molecule has 0 unspecified atom stereocenters.